The molecule has 0 unspecified atom stereocenters. The van der Waals surface area contributed by atoms with Gasteiger partial charge in [-0.1, -0.05) is 93.6 Å². The minimum Gasteiger partial charge on any atom is -0.455 e. The van der Waals surface area contributed by atoms with Gasteiger partial charge in [-0.15, -0.1) is 0 Å². The van der Waals surface area contributed by atoms with Crippen molar-refractivity contribution in [2.24, 2.45) is 0 Å². The van der Waals surface area contributed by atoms with Crippen molar-refractivity contribution in [1.82, 2.24) is 9.55 Å². The number of imidazole rings is 1. The molecule has 0 aliphatic carbocycles. The van der Waals surface area contributed by atoms with Crippen LogP contribution < -0.4 is 0 Å². The van der Waals surface area contributed by atoms with Crippen LogP contribution in [0.15, 0.2) is 114 Å². The number of hydrogen-bond donors (Lipinski definition) is 0. The zero-order chi connectivity index (χ0) is 41.7. The second kappa shape index (κ2) is 11.3. The van der Waals surface area contributed by atoms with Gasteiger partial charge in [0.1, 0.15) is 22.8 Å². The normalized spacial score (nSPS) is 15.6. The van der Waals surface area contributed by atoms with Gasteiger partial charge in [-0.05, 0) is 108 Å². The number of para-hydroxylation sites is 1. The van der Waals surface area contributed by atoms with E-state index in [-0.39, 0.29) is 11.0 Å². The Kier molecular flexibility index (Phi) is 5.12. The number of aryl methyl sites for hydroxylation is 3. The monoisotopic (exact) mass is 651 g/mol. The van der Waals surface area contributed by atoms with Gasteiger partial charge in [0.05, 0.1) is 22.3 Å². The SMILES string of the molecule is [2H]C([2H])([2H])c1cc(-c2ccc3c(c2)oc2c(-c4nc5ccc(F)cc5n4-c4c(-c5ccccc5)cccc4C(C)(C)C)ccc(C)c23)cc(C([2H])([2H])[2H])c1C([2H])([2H])[2H]. The first-order valence-corrected chi connectivity index (χ1v) is 16.2. The van der Waals surface area contributed by atoms with Crippen molar-refractivity contribution in [2.45, 2.75) is 53.7 Å². The van der Waals surface area contributed by atoms with Crippen LogP contribution in [0.2, 0.25) is 0 Å². The van der Waals surface area contributed by atoms with Gasteiger partial charge in [0, 0.05) is 34.7 Å². The van der Waals surface area contributed by atoms with Crippen LogP contribution in [0.3, 0.4) is 0 Å². The Morgan fingerprint density at radius 2 is 1.51 bits per heavy atom. The number of rotatable bonds is 4. The van der Waals surface area contributed by atoms with E-state index in [4.69, 9.17) is 21.7 Å². The third kappa shape index (κ3) is 5.05. The van der Waals surface area contributed by atoms with E-state index in [1.807, 2.05) is 66.1 Å². The fourth-order valence-electron chi connectivity index (χ4n) is 6.91. The van der Waals surface area contributed by atoms with E-state index in [0.29, 0.717) is 39.2 Å². The second-order valence-corrected chi connectivity index (χ2v) is 13.6. The summed E-state index contributed by atoms with van der Waals surface area (Å²) in [7, 11) is 0. The minimum absolute atomic E-state index is 0.223. The van der Waals surface area contributed by atoms with Crippen LogP contribution in [0.4, 0.5) is 4.39 Å². The molecule has 0 bridgehead atoms. The molecule has 0 N–H and O–H groups in total. The van der Waals surface area contributed by atoms with Crippen LogP contribution in [0.5, 0.6) is 0 Å². The van der Waals surface area contributed by atoms with Crippen molar-refractivity contribution in [1.29, 1.82) is 0 Å². The van der Waals surface area contributed by atoms with Crippen molar-refractivity contribution in [3.05, 3.63) is 143 Å². The number of benzene rings is 6. The Bertz CT molecular complexity index is 2880. The summed E-state index contributed by atoms with van der Waals surface area (Å²) in [5.74, 6) is 0.124. The number of hydrogen-bond acceptors (Lipinski definition) is 2. The minimum atomic E-state index is -2.99. The van der Waals surface area contributed by atoms with E-state index in [2.05, 4.69) is 32.9 Å². The Morgan fingerprint density at radius 3 is 2.24 bits per heavy atom. The predicted molar refractivity (Wildman–Crippen MR) is 202 cm³/mol. The smallest absolute Gasteiger partial charge is 0.149 e. The van der Waals surface area contributed by atoms with E-state index in [0.717, 1.165) is 38.7 Å². The topological polar surface area (TPSA) is 31.0 Å². The van der Waals surface area contributed by atoms with Crippen LogP contribution in [0.25, 0.3) is 72.3 Å². The van der Waals surface area contributed by atoms with Crippen molar-refractivity contribution in [3.63, 3.8) is 0 Å². The lowest BCUT2D eigenvalue weighted by atomic mass is 9.83. The van der Waals surface area contributed by atoms with Gasteiger partial charge in [-0.25, -0.2) is 9.37 Å². The van der Waals surface area contributed by atoms with E-state index in [1.54, 1.807) is 18.2 Å². The van der Waals surface area contributed by atoms with E-state index >= 15 is 4.39 Å². The highest BCUT2D eigenvalue weighted by molar-refractivity contribution is 6.12. The Balaban J connectivity index is 1.42. The molecule has 4 heteroatoms. The zero-order valence-electron chi connectivity index (χ0n) is 36.6. The summed E-state index contributed by atoms with van der Waals surface area (Å²) in [6, 6.07) is 32.4. The first-order valence-electron chi connectivity index (χ1n) is 20.7. The van der Waals surface area contributed by atoms with Crippen molar-refractivity contribution < 1.29 is 21.1 Å². The van der Waals surface area contributed by atoms with Gasteiger partial charge in [0.15, 0.2) is 0 Å². The molecular formula is C45H39FN2O. The van der Waals surface area contributed by atoms with Crippen LogP contribution in [0, 0.1) is 33.3 Å². The molecule has 0 saturated heterocycles. The van der Waals surface area contributed by atoms with Crippen molar-refractivity contribution in [2.75, 3.05) is 0 Å². The maximum absolute atomic E-state index is 15.2. The summed E-state index contributed by atoms with van der Waals surface area (Å²) in [5.41, 5.74) is 6.02. The molecular weight excluding hydrogens is 604 g/mol. The molecule has 2 heterocycles. The Hall–Kier alpha value is -5.48. The molecule has 0 saturated carbocycles. The quantitative estimate of drug-likeness (QED) is 0.190. The third-order valence-corrected chi connectivity index (χ3v) is 9.31. The summed E-state index contributed by atoms with van der Waals surface area (Å²) in [4.78, 5) is 5.15. The van der Waals surface area contributed by atoms with E-state index < -0.39 is 43.1 Å². The van der Waals surface area contributed by atoms with Gasteiger partial charge in [0.2, 0.25) is 0 Å². The molecule has 0 amide bonds. The molecule has 2 aromatic heterocycles. The largest absolute Gasteiger partial charge is 0.455 e. The average Bonchev–Trinajstić information content (AvgIpc) is 3.71. The van der Waals surface area contributed by atoms with E-state index in [9.17, 15) is 0 Å². The highest BCUT2D eigenvalue weighted by Crippen LogP contribution is 2.44. The zero-order valence-corrected chi connectivity index (χ0v) is 27.6. The highest BCUT2D eigenvalue weighted by atomic mass is 19.1. The Morgan fingerprint density at radius 1 is 0.714 bits per heavy atom. The molecule has 3 nitrogen and oxygen atoms in total. The van der Waals surface area contributed by atoms with E-state index in [1.165, 1.54) is 24.3 Å². The van der Waals surface area contributed by atoms with Gasteiger partial charge >= 0.3 is 0 Å². The van der Waals surface area contributed by atoms with Crippen molar-refractivity contribution >= 4 is 33.0 Å². The van der Waals surface area contributed by atoms with Gasteiger partial charge in [-0.2, -0.15) is 0 Å². The second-order valence-electron chi connectivity index (χ2n) is 13.6. The van der Waals surface area contributed by atoms with Gasteiger partial charge in [-0.3, -0.25) is 4.57 Å². The summed E-state index contributed by atoms with van der Waals surface area (Å²) in [6.07, 6.45) is 0. The van der Waals surface area contributed by atoms with Gasteiger partial charge < -0.3 is 4.42 Å². The molecule has 0 aliphatic heterocycles. The lowest BCUT2D eigenvalue weighted by Crippen LogP contribution is -2.16. The first-order chi connectivity index (χ1) is 27.1. The standard InChI is InChI=1S/C45H39FN2O/c1-26-16-19-36(43-41(26)35-20-17-31(24-40(35)49-43)32-22-27(2)29(4)28(3)23-32)44-47-38-21-18-33(46)25-39(38)48(44)42-34(30-12-9-8-10-13-30)14-11-15-37(42)45(5,6)7/h8-25H,1-7H3/i2D3,3D3,4D3. The molecule has 6 aromatic carbocycles. The molecule has 8 aromatic rings. The van der Waals surface area contributed by atoms with Crippen LogP contribution in [-0.4, -0.2) is 9.55 Å². The van der Waals surface area contributed by atoms with Crippen LogP contribution >= 0.6 is 0 Å². The summed E-state index contributed by atoms with van der Waals surface area (Å²) in [6.45, 7) is -0.418. The Labute approximate surface area is 299 Å². The number of halogens is 1. The lowest BCUT2D eigenvalue weighted by molar-refractivity contribution is 0.587. The molecule has 0 aliphatic rings. The first kappa shape index (κ1) is 22.2. The number of nitrogens with zero attached hydrogens (tertiary/aromatic N) is 2. The average molecular weight is 652 g/mol. The molecule has 0 fully saturated rings. The van der Waals surface area contributed by atoms with Gasteiger partial charge in [0.25, 0.3) is 0 Å². The third-order valence-electron chi connectivity index (χ3n) is 9.31. The fraction of sp³-hybridized carbons (Fsp3) is 0.178. The van der Waals surface area contributed by atoms with Crippen LogP contribution in [-0.2, 0) is 5.41 Å². The number of fused-ring (bicyclic) bond motifs is 4. The number of aromatic nitrogens is 2. The molecule has 8 rings (SSSR count). The summed E-state index contributed by atoms with van der Waals surface area (Å²) in [5, 5.41) is 1.55. The molecule has 0 spiro atoms. The lowest BCUT2D eigenvalue weighted by Gasteiger charge is -2.27. The molecule has 0 atom stereocenters. The highest BCUT2D eigenvalue weighted by Gasteiger charge is 2.28. The maximum atomic E-state index is 15.2. The number of furan rings is 1. The molecule has 242 valence electrons. The predicted octanol–water partition coefficient (Wildman–Crippen LogP) is 12.6. The van der Waals surface area contributed by atoms with Crippen molar-refractivity contribution in [3.8, 4) is 39.3 Å². The summed E-state index contributed by atoms with van der Waals surface area (Å²) < 4.78 is 97.3. The summed E-state index contributed by atoms with van der Waals surface area (Å²) >= 11 is 0. The van der Waals surface area contributed by atoms with Crippen LogP contribution in [0.1, 0.15) is 60.9 Å². The molecule has 49 heavy (non-hydrogen) atoms. The molecule has 0 radical (unpaired) electrons. The fourth-order valence-corrected chi connectivity index (χ4v) is 6.91. The maximum Gasteiger partial charge on any atom is 0.149 e.